The Morgan fingerprint density at radius 2 is 2.00 bits per heavy atom. The third-order valence-corrected chi connectivity index (χ3v) is 2.83. The fraction of sp³-hybridized carbons (Fsp3) is 0.818. The third kappa shape index (κ3) is 4.22. The lowest BCUT2D eigenvalue weighted by atomic mass is 9.86. The van der Waals surface area contributed by atoms with Gasteiger partial charge in [-0.2, -0.15) is 0 Å². The van der Waals surface area contributed by atoms with E-state index >= 15 is 0 Å². The number of rotatable bonds is 5. The Morgan fingerprint density at radius 3 is 2.57 bits per heavy atom. The van der Waals surface area contributed by atoms with Crippen LogP contribution in [-0.2, 0) is 4.74 Å². The summed E-state index contributed by atoms with van der Waals surface area (Å²) in [5.41, 5.74) is 0. The summed E-state index contributed by atoms with van der Waals surface area (Å²) in [4.78, 5) is 0. The van der Waals surface area contributed by atoms with E-state index in [4.69, 9.17) is 9.84 Å². The molecule has 0 aliphatic heterocycles. The van der Waals surface area contributed by atoms with Gasteiger partial charge in [-0.15, -0.1) is 0 Å². The Bertz CT molecular complexity index is 162. The molecule has 1 saturated carbocycles. The van der Waals surface area contributed by atoms with Crippen molar-refractivity contribution in [2.24, 2.45) is 5.92 Å². The molecule has 1 unspecified atom stereocenters. The van der Waals surface area contributed by atoms with Crippen LogP contribution in [0.2, 0.25) is 0 Å². The molecule has 0 aromatic heterocycles. The van der Waals surface area contributed by atoms with Crippen LogP contribution < -0.4 is 0 Å². The summed E-state index contributed by atoms with van der Waals surface area (Å²) in [5, 5.41) is 18.3. The standard InChI is InChI=1S/C11H20O3/c1-2-11(13)14-8-7-9-3-5-10(12)6-4-9/h2,9-13H,1,3-8H2. The topological polar surface area (TPSA) is 49.7 Å². The molecule has 2 N–H and O–H groups in total. The molecule has 82 valence electrons. The van der Waals surface area contributed by atoms with E-state index in [-0.39, 0.29) is 6.10 Å². The molecule has 14 heavy (non-hydrogen) atoms. The van der Waals surface area contributed by atoms with Gasteiger partial charge in [-0.3, -0.25) is 0 Å². The first-order chi connectivity index (χ1) is 6.72. The minimum absolute atomic E-state index is 0.0917. The summed E-state index contributed by atoms with van der Waals surface area (Å²) in [7, 11) is 0. The molecule has 0 bridgehead atoms. The van der Waals surface area contributed by atoms with Crippen molar-refractivity contribution in [3.05, 3.63) is 12.7 Å². The molecular formula is C11H20O3. The Hall–Kier alpha value is -0.380. The highest BCUT2D eigenvalue weighted by Crippen LogP contribution is 2.26. The first-order valence-electron chi connectivity index (χ1n) is 5.32. The molecule has 0 aromatic rings. The first-order valence-corrected chi connectivity index (χ1v) is 5.32. The summed E-state index contributed by atoms with van der Waals surface area (Å²) in [6, 6.07) is 0. The van der Waals surface area contributed by atoms with Crippen molar-refractivity contribution in [3.63, 3.8) is 0 Å². The van der Waals surface area contributed by atoms with Crippen LogP contribution in [-0.4, -0.2) is 29.2 Å². The highest BCUT2D eigenvalue weighted by Gasteiger charge is 2.18. The van der Waals surface area contributed by atoms with Gasteiger partial charge in [-0.05, 0) is 44.1 Å². The van der Waals surface area contributed by atoms with Gasteiger partial charge in [-0.25, -0.2) is 0 Å². The van der Waals surface area contributed by atoms with Crippen molar-refractivity contribution in [1.82, 2.24) is 0 Å². The number of hydrogen-bond acceptors (Lipinski definition) is 3. The number of ether oxygens (including phenoxy) is 1. The van der Waals surface area contributed by atoms with Crippen LogP contribution in [0.5, 0.6) is 0 Å². The lowest BCUT2D eigenvalue weighted by Crippen LogP contribution is -2.20. The SMILES string of the molecule is C=CC(O)OCCC1CCC(O)CC1. The van der Waals surface area contributed by atoms with Crippen LogP contribution in [0.15, 0.2) is 12.7 Å². The fourth-order valence-corrected chi connectivity index (χ4v) is 1.86. The number of hydrogen-bond donors (Lipinski definition) is 2. The van der Waals surface area contributed by atoms with Crippen LogP contribution in [0.3, 0.4) is 0 Å². The smallest absolute Gasteiger partial charge is 0.173 e. The van der Waals surface area contributed by atoms with Gasteiger partial charge >= 0.3 is 0 Å². The maximum Gasteiger partial charge on any atom is 0.173 e. The van der Waals surface area contributed by atoms with Crippen molar-refractivity contribution >= 4 is 0 Å². The molecule has 1 fully saturated rings. The van der Waals surface area contributed by atoms with Gasteiger partial charge in [0.05, 0.1) is 12.7 Å². The van der Waals surface area contributed by atoms with E-state index in [1.165, 1.54) is 6.08 Å². The predicted octanol–water partition coefficient (Wildman–Crippen LogP) is 1.45. The van der Waals surface area contributed by atoms with Gasteiger partial charge in [0.1, 0.15) is 0 Å². The lowest BCUT2D eigenvalue weighted by molar-refractivity contribution is -0.0692. The monoisotopic (exact) mass is 200 g/mol. The summed E-state index contributed by atoms with van der Waals surface area (Å²) >= 11 is 0. The van der Waals surface area contributed by atoms with Crippen molar-refractivity contribution in [1.29, 1.82) is 0 Å². The minimum atomic E-state index is -0.829. The molecule has 0 amide bonds. The quantitative estimate of drug-likeness (QED) is 0.521. The van der Waals surface area contributed by atoms with Crippen LogP contribution in [0.4, 0.5) is 0 Å². The van der Waals surface area contributed by atoms with Gasteiger partial charge in [0.25, 0.3) is 0 Å². The zero-order chi connectivity index (χ0) is 10.4. The molecule has 1 aliphatic rings. The highest BCUT2D eigenvalue weighted by molar-refractivity contribution is 4.73. The second kappa shape index (κ2) is 6.17. The molecule has 3 heteroatoms. The zero-order valence-electron chi connectivity index (χ0n) is 8.56. The first kappa shape index (κ1) is 11.7. The normalized spacial score (nSPS) is 29.9. The Morgan fingerprint density at radius 1 is 1.36 bits per heavy atom. The zero-order valence-corrected chi connectivity index (χ0v) is 8.56. The second-order valence-electron chi connectivity index (χ2n) is 3.96. The maximum atomic E-state index is 9.29. The summed E-state index contributed by atoms with van der Waals surface area (Å²) in [6.45, 7) is 4.01. The Balaban J connectivity index is 2.04. The molecule has 1 atom stereocenters. The molecular weight excluding hydrogens is 180 g/mol. The molecule has 1 rings (SSSR count). The van der Waals surface area contributed by atoms with Crippen LogP contribution in [0.25, 0.3) is 0 Å². The van der Waals surface area contributed by atoms with Crippen molar-refractivity contribution < 1.29 is 14.9 Å². The molecule has 0 spiro atoms. The third-order valence-electron chi connectivity index (χ3n) is 2.83. The number of aliphatic hydroxyl groups excluding tert-OH is 2. The molecule has 0 saturated heterocycles. The molecule has 0 radical (unpaired) electrons. The maximum absolute atomic E-state index is 9.29. The Labute approximate surface area is 85.4 Å². The van der Waals surface area contributed by atoms with E-state index in [9.17, 15) is 5.11 Å². The van der Waals surface area contributed by atoms with Crippen molar-refractivity contribution in [2.75, 3.05) is 6.61 Å². The summed E-state index contributed by atoms with van der Waals surface area (Å²) < 4.78 is 5.10. The molecule has 0 aromatic carbocycles. The van der Waals surface area contributed by atoms with Crippen LogP contribution in [0.1, 0.15) is 32.1 Å². The molecule has 0 heterocycles. The van der Waals surface area contributed by atoms with Gasteiger partial charge in [-0.1, -0.05) is 6.58 Å². The molecule has 1 aliphatic carbocycles. The van der Waals surface area contributed by atoms with Gasteiger partial charge < -0.3 is 14.9 Å². The van der Waals surface area contributed by atoms with Gasteiger partial charge in [0.15, 0.2) is 6.29 Å². The molecule has 3 nitrogen and oxygen atoms in total. The largest absolute Gasteiger partial charge is 0.393 e. The van der Waals surface area contributed by atoms with Crippen molar-refractivity contribution in [2.45, 2.75) is 44.5 Å². The van der Waals surface area contributed by atoms with E-state index < -0.39 is 6.29 Å². The van der Waals surface area contributed by atoms with Crippen LogP contribution in [0, 0.1) is 5.92 Å². The average Bonchev–Trinajstić information content (AvgIpc) is 2.21. The Kier molecular flexibility index (Phi) is 5.15. The minimum Gasteiger partial charge on any atom is -0.393 e. The average molecular weight is 200 g/mol. The van der Waals surface area contributed by atoms with E-state index in [1.54, 1.807) is 0 Å². The van der Waals surface area contributed by atoms with E-state index in [0.717, 1.165) is 32.1 Å². The van der Waals surface area contributed by atoms with Gasteiger partial charge in [0, 0.05) is 0 Å². The second-order valence-corrected chi connectivity index (χ2v) is 3.96. The highest BCUT2D eigenvalue weighted by atomic mass is 16.6. The van der Waals surface area contributed by atoms with Gasteiger partial charge in [0.2, 0.25) is 0 Å². The van der Waals surface area contributed by atoms with Crippen LogP contribution >= 0.6 is 0 Å². The summed E-state index contributed by atoms with van der Waals surface area (Å²) in [5.74, 6) is 0.649. The summed E-state index contributed by atoms with van der Waals surface area (Å²) in [6.07, 6.45) is 5.41. The fourth-order valence-electron chi connectivity index (χ4n) is 1.86. The number of aliphatic hydroxyl groups is 2. The van der Waals surface area contributed by atoms with Crippen molar-refractivity contribution in [3.8, 4) is 0 Å². The van der Waals surface area contributed by atoms with E-state index in [0.29, 0.717) is 12.5 Å². The van der Waals surface area contributed by atoms with E-state index in [2.05, 4.69) is 6.58 Å². The van der Waals surface area contributed by atoms with E-state index in [1.807, 2.05) is 0 Å². The predicted molar refractivity (Wildman–Crippen MR) is 54.7 cm³/mol. The lowest BCUT2D eigenvalue weighted by Gasteiger charge is -2.25.